The van der Waals surface area contributed by atoms with Gasteiger partial charge in [-0.2, -0.15) is 5.10 Å². The molecule has 1 heterocycles. The normalized spacial score (nSPS) is 25.2. The van der Waals surface area contributed by atoms with Crippen LogP contribution in [-0.2, 0) is 6.42 Å². The summed E-state index contributed by atoms with van der Waals surface area (Å²) in [6, 6.07) is 0.535. The SMILES string of the molecule is CCc1c(C)nn(C2CCCCC2CN)c1C. The molecule has 0 aromatic carbocycles. The van der Waals surface area contributed by atoms with Crippen LogP contribution in [0.5, 0.6) is 0 Å². The van der Waals surface area contributed by atoms with Gasteiger partial charge in [-0.1, -0.05) is 19.8 Å². The zero-order valence-corrected chi connectivity index (χ0v) is 11.4. The molecule has 3 nitrogen and oxygen atoms in total. The molecule has 0 bridgehead atoms. The molecule has 0 saturated heterocycles. The fraction of sp³-hybridized carbons (Fsp3) is 0.786. The highest BCUT2D eigenvalue weighted by molar-refractivity contribution is 5.24. The van der Waals surface area contributed by atoms with Crippen molar-refractivity contribution in [3.05, 3.63) is 17.0 Å². The number of hydrogen-bond acceptors (Lipinski definition) is 2. The summed E-state index contributed by atoms with van der Waals surface area (Å²) in [5.41, 5.74) is 9.90. The Kier molecular flexibility index (Phi) is 3.87. The highest BCUT2D eigenvalue weighted by Gasteiger charge is 2.28. The van der Waals surface area contributed by atoms with Gasteiger partial charge in [0.15, 0.2) is 0 Å². The highest BCUT2D eigenvalue weighted by Crippen LogP contribution is 2.34. The van der Waals surface area contributed by atoms with Crippen LogP contribution in [0.2, 0.25) is 0 Å². The predicted molar refractivity (Wildman–Crippen MR) is 71.1 cm³/mol. The van der Waals surface area contributed by atoms with Crippen molar-refractivity contribution in [2.75, 3.05) is 6.54 Å². The van der Waals surface area contributed by atoms with Gasteiger partial charge >= 0.3 is 0 Å². The minimum Gasteiger partial charge on any atom is -0.330 e. The molecular formula is C14H25N3. The number of aromatic nitrogens is 2. The maximum absolute atomic E-state index is 5.92. The molecule has 0 radical (unpaired) electrons. The van der Waals surface area contributed by atoms with E-state index in [1.165, 1.54) is 42.6 Å². The molecule has 1 aromatic heterocycles. The van der Waals surface area contributed by atoms with Gasteiger partial charge in [0, 0.05) is 5.69 Å². The van der Waals surface area contributed by atoms with E-state index >= 15 is 0 Å². The summed E-state index contributed by atoms with van der Waals surface area (Å²) >= 11 is 0. The van der Waals surface area contributed by atoms with Crippen molar-refractivity contribution in [3.63, 3.8) is 0 Å². The van der Waals surface area contributed by atoms with Crippen molar-refractivity contribution in [3.8, 4) is 0 Å². The highest BCUT2D eigenvalue weighted by atomic mass is 15.3. The zero-order chi connectivity index (χ0) is 12.4. The molecule has 1 aliphatic carbocycles. The average Bonchev–Trinajstić information content (AvgIpc) is 2.64. The Labute approximate surface area is 104 Å². The van der Waals surface area contributed by atoms with Gasteiger partial charge in [-0.15, -0.1) is 0 Å². The summed E-state index contributed by atoms with van der Waals surface area (Å²) < 4.78 is 2.27. The molecule has 2 atom stereocenters. The van der Waals surface area contributed by atoms with Crippen molar-refractivity contribution >= 4 is 0 Å². The molecule has 2 unspecified atom stereocenters. The number of nitrogens with two attached hydrogens (primary N) is 1. The van der Waals surface area contributed by atoms with E-state index in [1.54, 1.807) is 0 Å². The second-order valence-corrected chi connectivity index (χ2v) is 5.30. The number of hydrogen-bond donors (Lipinski definition) is 1. The molecule has 96 valence electrons. The molecule has 0 aliphatic heterocycles. The van der Waals surface area contributed by atoms with Gasteiger partial charge in [0.2, 0.25) is 0 Å². The molecule has 0 amide bonds. The lowest BCUT2D eigenvalue weighted by Crippen LogP contribution is -2.30. The summed E-state index contributed by atoms with van der Waals surface area (Å²) in [4.78, 5) is 0. The number of nitrogens with zero attached hydrogens (tertiary/aromatic N) is 2. The summed E-state index contributed by atoms with van der Waals surface area (Å²) in [5.74, 6) is 0.617. The number of rotatable bonds is 3. The van der Waals surface area contributed by atoms with E-state index in [0.29, 0.717) is 12.0 Å². The quantitative estimate of drug-likeness (QED) is 0.875. The maximum Gasteiger partial charge on any atom is 0.0628 e. The van der Waals surface area contributed by atoms with Crippen LogP contribution >= 0.6 is 0 Å². The second kappa shape index (κ2) is 5.21. The molecule has 3 heteroatoms. The van der Waals surface area contributed by atoms with Crippen molar-refractivity contribution in [2.45, 2.75) is 58.9 Å². The minimum atomic E-state index is 0.535. The smallest absolute Gasteiger partial charge is 0.0628 e. The lowest BCUT2D eigenvalue weighted by atomic mass is 9.84. The Balaban J connectivity index is 2.31. The van der Waals surface area contributed by atoms with Crippen LogP contribution in [0, 0.1) is 19.8 Å². The lowest BCUT2D eigenvalue weighted by Gasteiger charge is -2.31. The van der Waals surface area contributed by atoms with E-state index in [9.17, 15) is 0 Å². The first-order valence-corrected chi connectivity index (χ1v) is 6.93. The van der Waals surface area contributed by atoms with E-state index in [1.807, 2.05) is 0 Å². The molecule has 1 aliphatic rings. The van der Waals surface area contributed by atoms with Crippen LogP contribution in [0.25, 0.3) is 0 Å². The number of aryl methyl sites for hydroxylation is 1. The van der Waals surface area contributed by atoms with Gasteiger partial charge in [-0.05, 0) is 51.1 Å². The minimum absolute atomic E-state index is 0.535. The third-order valence-corrected chi connectivity index (χ3v) is 4.31. The monoisotopic (exact) mass is 235 g/mol. The molecule has 17 heavy (non-hydrogen) atoms. The van der Waals surface area contributed by atoms with Gasteiger partial charge in [-0.25, -0.2) is 0 Å². The topological polar surface area (TPSA) is 43.8 Å². The van der Waals surface area contributed by atoms with Gasteiger partial charge in [0.25, 0.3) is 0 Å². The van der Waals surface area contributed by atoms with Crippen LogP contribution in [0.15, 0.2) is 0 Å². The van der Waals surface area contributed by atoms with E-state index < -0.39 is 0 Å². The molecular weight excluding hydrogens is 210 g/mol. The van der Waals surface area contributed by atoms with Gasteiger partial charge in [0.05, 0.1) is 11.7 Å². The van der Waals surface area contributed by atoms with Crippen LogP contribution in [-0.4, -0.2) is 16.3 Å². The predicted octanol–water partition coefficient (Wildman–Crippen LogP) is 2.75. The maximum atomic E-state index is 5.92. The third-order valence-electron chi connectivity index (χ3n) is 4.31. The van der Waals surface area contributed by atoms with Crippen LogP contribution in [0.3, 0.4) is 0 Å². The Bertz CT molecular complexity index is 381. The van der Waals surface area contributed by atoms with Gasteiger partial charge in [-0.3, -0.25) is 4.68 Å². The van der Waals surface area contributed by atoms with Crippen molar-refractivity contribution < 1.29 is 0 Å². The van der Waals surface area contributed by atoms with Gasteiger partial charge < -0.3 is 5.73 Å². The zero-order valence-electron chi connectivity index (χ0n) is 11.4. The lowest BCUT2D eigenvalue weighted by molar-refractivity contribution is 0.225. The summed E-state index contributed by atoms with van der Waals surface area (Å²) in [6.07, 6.45) is 6.24. The Morgan fingerprint density at radius 3 is 2.59 bits per heavy atom. The van der Waals surface area contributed by atoms with E-state index in [-0.39, 0.29) is 0 Å². The van der Waals surface area contributed by atoms with Crippen molar-refractivity contribution in [2.24, 2.45) is 11.7 Å². The van der Waals surface area contributed by atoms with Crippen molar-refractivity contribution in [1.82, 2.24) is 9.78 Å². The van der Waals surface area contributed by atoms with E-state index in [0.717, 1.165) is 13.0 Å². The fourth-order valence-electron chi connectivity index (χ4n) is 3.32. The Morgan fingerprint density at radius 1 is 1.29 bits per heavy atom. The van der Waals surface area contributed by atoms with Crippen LogP contribution in [0.1, 0.15) is 55.6 Å². The third kappa shape index (κ3) is 2.25. The Morgan fingerprint density at radius 2 is 2.00 bits per heavy atom. The first-order chi connectivity index (χ1) is 8.19. The molecule has 2 N–H and O–H groups in total. The van der Waals surface area contributed by atoms with E-state index in [4.69, 9.17) is 10.8 Å². The van der Waals surface area contributed by atoms with Crippen LogP contribution < -0.4 is 5.73 Å². The molecule has 1 fully saturated rings. The molecule has 1 saturated carbocycles. The first-order valence-electron chi connectivity index (χ1n) is 6.93. The molecule has 1 aromatic rings. The second-order valence-electron chi connectivity index (χ2n) is 5.30. The summed E-state index contributed by atoms with van der Waals surface area (Å²) in [5, 5.41) is 4.76. The molecule has 0 spiro atoms. The average molecular weight is 235 g/mol. The van der Waals surface area contributed by atoms with Crippen LogP contribution in [0.4, 0.5) is 0 Å². The van der Waals surface area contributed by atoms with Crippen molar-refractivity contribution in [1.29, 1.82) is 0 Å². The molecule has 2 rings (SSSR count). The van der Waals surface area contributed by atoms with E-state index in [2.05, 4.69) is 25.5 Å². The summed E-state index contributed by atoms with van der Waals surface area (Å²) in [7, 11) is 0. The summed E-state index contributed by atoms with van der Waals surface area (Å²) in [6.45, 7) is 7.34. The van der Waals surface area contributed by atoms with Gasteiger partial charge in [0.1, 0.15) is 0 Å². The largest absolute Gasteiger partial charge is 0.330 e. The standard InChI is InChI=1S/C14H25N3/c1-4-13-10(2)16-17(11(13)3)14-8-6-5-7-12(14)9-15/h12,14H,4-9,15H2,1-3H3. The fourth-order valence-corrected chi connectivity index (χ4v) is 3.32. The Hall–Kier alpha value is -0.830. The first kappa shape index (κ1) is 12.6.